The van der Waals surface area contributed by atoms with Crippen LogP contribution in [-0.2, 0) is 13.5 Å². The van der Waals surface area contributed by atoms with Crippen molar-refractivity contribution < 1.29 is 0 Å². The number of nitrogens with zero attached hydrogens (tertiary/aromatic N) is 3. The van der Waals surface area contributed by atoms with Crippen molar-refractivity contribution >= 4 is 6.08 Å². The first-order valence-electron chi connectivity index (χ1n) is 5.40. The van der Waals surface area contributed by atoms with E-state index in [-0.39, 0.29) is 0 Å². The van der Waals surface area contributed by atoms with E-state index in [9.17, 15) is 0 Å². The lowest BCUT2D eigenvalue weighted by atomic mass is 10.0. The molecule has 3 heteroatoms. The summed E-state index contributed by atoms with van der Waals surface area (Å²) >= 11 is 0. The highest BCUT2D eigenvalue weighted by atomic mass is 15.4. The first kappa shape index (κ1) is 9.33. The summed E-state index contributed by atoms with van der Waals surface area (Å²) in [6, 6.07) is 6.38. The summed E-state index contributed by atoms with van der Waals surface area (Å²) in [5.41, 5.74) is 6.24. The van der Waals surface area contributed by atoms with Crippen LogP contribution in [-0.4, -0.2) is 15.0 Å². The summed E-state index contributed by atoms with van der Waals surface area (Å²) in [6.07, 6.45) is 5.26. The Hall–Kier alpha value is -1.90. The van der Waals surface area contributed by atoms with E-state index < -0.39 is 0 Å². The molecule has 1 aromatic heterocycles. The van der Waals surface area contributed by atoms with Gasteiger partial charge in [-0.25, -0.2) is 0 Å². The van der Waals surface area contributed by atoms with Crippen molar-refractivity contribution in [1.29, 1.82) is 0 Å². The summed E-state index contributed by atoms with van der Waals surface area (Å²) < 4.78 is 1.74. The van der Waals surface area contributed by atoms with Crippen LogP contribution in [0.4, 0.5) is 0 Å². The Morgan fingerprint density at radius 2 is 2.19 bits per heavy atom. The minimum Gasteiger partial charge on any atom is -0.255 e. The molecule has 0 aliphatic heterocycles. The van der Waals surface area contributed by atoms with Gasteiger partial charge in [-0.1, -0.05) is 35.1 Å². The second-order valence-corrected chi connectivity index (χ2v) is 4.32. The van der Waals surface area contributed by atoms with Crippen LogP contribution in [0.3, 0.4) is 0 Å². The average Bonchev–Trinajstić information content (AvgIpc) is 2.82. The molecule has 0 spiro atoms. The molecular formula is C13H13N3. The Balaban J connectivity index is 2.19. The molecule has 0 atom stereocenters. The van der Waals surface area contributed by atoms with Crippen molar-refractivity contribution in [3.63, 3.8) is 0 Å². The third-order valence-electron chi connectivity index (χ3n) is 2.94. The summed E-state index contributed by atoms with van der Waals surface area (Å²) in [5, 5.41) is 8.16. The first-order chi connectivity index (χ1) is 7.74. The molecule has 1 heterocycles. The van der Waals surface area contributed by atoms with Gasteiger partial charge in [-0.15, -0.1) is 5.10 Å². The molecular weight excluding hydrogens is 198 g/mol. The highest BCUT2D eigenvalue weighted by Gasteiger charge is 2.15. The normalized spacial score (nSPS) is 13.8. The number of hydrogen-bond acceptors (Lipinski definition) is 2. The fourth-order valence-electron chi connectivity index (χ4n) is 2.23. The number of fused-ring (bicyclic) bond motifs is 1. The zero-order valence-electron chi connectivity index (χ0n) is 9.44. The summed E-state index contributed by atoms with van der Waals surface area (Å²) in [6.45, 7) is 2.17. The molecule has 0 bridgehead atoms. The minimum atomic E-state index is 0.949. The van der Waals surface area contributed by atoms with Crippen LogP contribution in [0.2, 0.25) is 0 Å². The van der Waals surface area contributed by atoms with Gasteiger partial charge < -0.3 is 0 Å². The SMILES string of the molecule is CC1=Cc2c(cccc2-c2cn(C)nn2)C1. The predicted octanol–water partition coefficient (Wildman–Crippen LogP) is 2.44. The van der Waals surface area contributed by atoms with Crippen molar-refractivity contribution in [2.24, 2.45) is 7.05 Å². The van der Waals surface area contributed by atoms with Gasteiger partial charge in [-0.3, -0.25) is 4.68 Å². The van der Waals surface area contributed by atoms with Crippen LogP contribution < -0.4 is 0 Å². The van der Waals surface area contributed by atoms with E-state index in [1.54, 1.807) is 4.68 Å². The van der Waals surface area contributed by atoms with Gasteiger partial charge in [0.1, 0.15) is 5.69 Å². The molecule has 2 aromatic rings. The van der Waals surface area contributed by atoms with Crippen LogP contribution >= 0.6 is 0 Å². The molecule has 80 valence electrons. The quantitative estimate of drug-likeness (QED) is 0.725. The Bertz CT molecular complexity index is 579. The molecule has 1 aliphatic carbocycles. The van der Waals surface area contributed by atoms with E-state index in [4.69, 9.17) is 0 Å². The van der Waals surface area contributed by atoms with Gasteiger partial charge in [0.15, 0.2) is 0 Å². The fraction of sp³-hybridized carbons (Fsp3) is 0.231. The molecule has 0 saturated carbocycles. The maximum absolute atomic E-state index is 4.17. The van der Waals surface area contributed by atoms with Gasteiger partial charge in [0, 0.05) is 12.6 Å². The maximum atomic E-state index is 4.17. The van der Waals surface area contributed by atoms with Gasteiger partial charge in [0.05, 0.1) is 6.20 Å². The molecule has 1 aliphatic rings. The largest absolute Gasteiger partial charge is 0.255 e. The Morgan fingerprint density at radius 1 is 1.31 bits per heavy atom. The molecule has 3 nitrogen and oxygen atoms in total. The molecule has 0 fully saturated rings. The average molecular weight is 211 g/mol. The Labute approximate surface area is 94.4 Å². The van der Waals surface area contributed by atoms with E-state index in [1.807, 2.05) is 13.2 Å². The minimum absolute atomic E-state index is 0.949. The number of benzene rings is 1. The van der Waals surface area contributed by atoms with Gasteiger partial charge >= 0.3 is 0 Å². The van der Waals surface area contributed by atoms with Crippen LogP contribution in [0.1, 0.15) is 18.1 Å². The fourth-order valence-corrected chi connectivity index (χ4v) is 2.23. The molecule has 0 unspecified atom stereocenters. The number of rotatable bonds is 1. The first-order valence-corrected chi connectivity index (χ1v) is 5.40. The second-order valence-electron chi connectivity index (χ2n) is 4.32. The van der Waals surface area contributed by atoms with E-state index in [1.165, 1.54) is 22.3 Å². The third-order valence-corrected chi connectivity index (χ3v) is 2.94. The lowest BCUT2D eigenvalue weighted by molar-refractivity contribution is 0.715. The second kappa shape index (κ2) is 3.30. The van der Waals surface area contributed by atoms with Gasteiger partial charge in [0.25, 0.3) is 0 Å². The summed E-state index contributed by atoms with van der Waals surface area (Å²) in [7, 11) is 1.89. The molecule has 0 saturated heterocycles. The van der Waals surface area contributed by atoms with Crippen molar-refractivity contribution in [1.82, 2.24) is 15.0 Å². The smallest absolute Gasteiger partial charge is 0.113 e. The summed E-state index contributed by atoms with van der Waals surface area (Å²) in [4.78, 5) is 0. The van der Waals surface area contributed by atoms with Gasteiger partial charge in [-0.05, 0) is 24.5 Å². The zero-order valence-corrected chi connectivity index (χ0v) is 9.44. The number of aryl methyl sites for hydroxylation is 1. The lowest BCUT2D eigenvalue weighted by Crippen LogP contribution is -1.87. The van der Waals surface area contributed by atoms with Gasteiger partial charge in [-0.2, -0.15) is 0 Å². The zero-order chi connectivity index (χ0) is 11.1. The van der Waals surface area contributed by atoms with E-state index in [0.717, 1.165) is 12.1 Å². The lowest BCUT2D eigenvalue weighted by Gasteiger charge is -2.03. The predicted molar refractivity (Wildman–Crippen MR) is 63.8 cm³/mol. The monoisotopic (exact) mass is 211 g/mol. The molecule has 1 aromatic carbocycles. The van der Waals surface area contributed by atoms with E-state index in [0.29, 0.717) is 0 Å². The standard InChI is InChI=1S/C13H13N3/c1-9-6-10-4-3-5-11(12(10)7-9)13-8-16(2)15-14-13/h3-5,7-8H,6H2,1-2H3. The van der Waals surface area contributed by atoms with Crippen LogP contribution in [0.25, 0.3) is 17.3 Å². The van der Waals surface area contributed by atoms with Crippen molar-refractivity contribution in [3.8, 4) is 11.3 Å². The van der Waals surface area contributed by atoms with E-state index >= 15 is 0 Å². The van der Waals surface area contributed by atoms with E-state index in [2.05, 4.69) is 41.5 Å². The van der Waals surface area contributed by atoms with Crippen LogP contribution in [0.15, 0.2) is 30.0 Å². The highest BCUT2D eigenvalue weighted by Crippen LogP contribution is 2.32. The molecule has 3 rings (SSSR count). The van der Waals surface area contributed by atoms with Crippen molar-refractivity contribution in [2.75, 3.05) is 0 Å². The maximum Gasteiger partial charge on any atom is 0.113 e. The highest BCUT2D eigenvalue weighted by molar-refractivity contribution is 5.78. The molecule has 0 N–H and O–H groups in total. The van der Waals surface area contributed by atoms with Gasteiger partial charge in [0.2, 0.25) is 0 Å². The third kappa shape index (κ3) is 1.36. The number of aromatic nitrogens is 3. The molecule has 0 amide bonds. The molecule has 16 heavy (non-hydrogen) atoms. The summed E-state index contributed by atoms with van der Waals surface area (Å²) in [5.74, 6) is 0. The molecule has 0 radical (unpaired) electrons. The van der Waals surface area contributed by atoms with Crippen molar-refractivity contribution in [2.45, 2.75) is 13.3 Å². The van der Waals surface area contributed by atoms with Crippen LogP contribution in [0.5, 0.6) is 0 Å². The Morgan fingerprint density at radius 3 is 2.94 bits per heavy atom. The number of hydrogen-bond donors (Lipinski definition) is 0. The van der Waals surface area contributed by atoms with Crippen molar-refractivity contribution in [3.05, 3.63) is 41.1 Å². The number of allylic oxidation sites excluding steroid dienone is 1. The topological polar surface area (TPSA) is 30.7 Å². The van der Waals surface area contributed by atoms with Crippen LogP contribution in [0, 0.1) is 0 Å². The Kier molecular flexibility index (Phi) is 1.93.